The van der Waals surface area contributed by atoms with Crippen molar-refractivity contribution in [1.82, 2.24) is 19.9 Å². The van der Waals surface area contributed by atoms with Crippen molar-refractivity contribution < 1.29 is 9.37 Å². The fraction of sp³-hybridized carbons (Fsp3) is 0.400. The van der Waals surface area contributed by atoms with E-state index in [1.807, 2.05) is 0 Å². The van der Waals surface area contributed by atoms with Crippen molar-refractivity contribution in [3.8, 4) is 6.01 Å². The van der Waals surface area contributed by atoms with E-state index in [0.29, 0.717) is 17.1 Å². The lowest BCUT2D eigenvalue weighted by atomic mass is 10.3. The summed E-state index contributed by atoms with van der Waals surface area (Å²) in [5.74, 6) is 0. The Labute approximate surface area is 97.0 Å². The Balaban J connectivity index is 2.45. The van der Waals surface area contributed by atoms with Gasteiger partial charge in [0.1, 0.15) is 11.4 Å². The van der Waals surface area contributed by atoms with Crippen LogP contribution in [0.4, 0.5) is 0 Å². The molecule has 0 saturated carbocycles. The molecule has 0 bridgehead atoms. The fourth-order valence-electron chi connectivity index (χ4n) is 1.44. The number of hydrogen-bond acceptors (Lipinski definition) is 6. The van der Waals surface area contributed by atoms with E-state index in [0.717, 1.165) is 0 Å². The molecule has 2 rings (SSSR count). The minimum atomic E-state index is -0.197. The highest BCUT2D eigenvalue weighted by atomic mass is 16.6. The van der Waals surface area contributed by atoms with Gasteiger partial charge in [-0.25, -0.2) is 9.61 Å². The zero-order valence-electron chi connectivity index (χ0n) is 9.80. The van der Waals surface area contributed by atoms with Crippen molar-refractivity contribution in [2.24, 2.45) is 0 Å². The molecule has 7 heteroatoms. The molecule has 7 nitrogen and oxygen atoms in total. The van der Waals surface area contributed by atoms with Gasteiger partial charge in [-0.2, -0.15) is 0 Å². The molecule has 0 fully saturated rings. The maximum atomic E-state index is 11.8. The minimum absolute atomic E-state index is 0.197. The maximum absolute atomic E-state index is 11.8. The first-order valence-corrected chi connectivity index (χ1v) is 5.02. The van der Waals surface area contributed by atoms with Crippen molar-refractivity contribution in [3.05, 3.63) is 33.5 Å². The summed E-state index contributed by atoms with van der Waals surface area (Å²) in [5, 5.41) is 7.37. The van der Waals surface area contributed by atoms with E-state index in [1.54, 1.807) is 13.8 Å². The highest BCUT2D eigenvalue weighted by Crippen LogP contribution is 2.09. The first-order valence-electron chi connectivity index (χ1n) is 5.02. The number of ether oxygens (including phenoxy) is 1. The minimum Gasteiger partial charge on any atom is -0.468 e. The van der Waals surface area contributed by atoms with Crippen LogP contribution in [0.5, 0.6) is 6.01 Å². The summed E-state index contributed by atoms with van der Waals surface area (Å²) in [6, 6.07) is 1.68. The zero-order valence-corrected chi connectivity index (χ0v) is 9.80. The van der Waals surface area contributed by atoms with Gasteiger partial charge in [0.2, 0.25) is 0 Å². The van der Waals surface area contributed by atoms with Gasteiger partial charge in [-0.1, -0.05) is 10.3 Å². The van der Waals surface area contributed by atoms with E-state index >= 15 is 0 Å². The van der Waals surface area contributed by atoms with Crippen LogP contribution < -0.4 is 10.3 Å². The molecule has 0 aromatic carbocycles. The van der Waals surface area contributed by atoms with Crippen molar-refractivity contribution in [3.63, 3.8) is 0 Å². The van der Waals surface area contributed by atoms with E-state index in [-0.39, 0.29) is 18.1 Å². The summed E-state index contributed by atoms with van der Waals surface area (Å²) in [4.78, 5) is 15.9. The second-order valence-corrected chi connectivity index (χ2v) is 3.60. The number of methoxy groups -OCH3 is 1. The smallest absolute Gasteiger partial charge is 0.299 e. The highest BCUT2D eigenvalue weighted by molar-refractivity contribution is 5.11. The Morgan fingerprint density at radius 3 is 2.76 bits per heavy atom. The number of hydrogen-bond donors (Lipinski definition) is 0. The quantitative estimate of drug-likeness (QED) is 0.762. The molecule has 2 aromatic rings. The molecule has 2 aromatic heterocycles. The van der Waals surface area contributed by atoms with E-state index in [4.69, 9.17) is 4.74 Å². The SMILES string of the molecule is COc1nc(C)cc(=O)n1Cc1nonc1C. The summed E-state index contributed by atoms with van der Waals surface area (Å²) < 4.78 is 11.0. The first kappa shape index (κ1) is 11.3. The van der Waals surface area contributed by atoms with E-state index < -0.39 is 0 Å². The number of nitrogens with zero attached hydrogens (tertiary/aromatic N) is 4. The molecule has 0 aliphatic carbocycles. The maximum Gasteiger partial charge on any atom is 0.299 e. The second kappa shape index (κ2) is 4.36. The number of aromatic nitrogens is 4. The third-order valence-corrected chi connectivity index (χ3v) is 2.34. The average molecular weight is 236 g/mol. The molecule has 0 aliphatic rings. The lowest BCUT2D eigenvalue weighted by molar-refractivity contribution is 0.298. The van der Waals surface area contributed by atoms with Gasteiger partial charge in [0.25, 0.3) is 11.6 Å². The standard InChI is InChI=1S/C10H12N4O3/c1-6-4-9(15)14(10(11-6)16-3)5-8-7(2)12-17-13-8/h4H,5H2,1-3H3. The highest BCUT2D eigenvalue weighted by Gasteiger charge is 2.12. The molecular weight excluding hydrogens is 224 g/mol. The molecule has 0 N–H and O–H groups in total. The second-order valence-electron chi connectivity index (χ2n) is 3.60. The molecule has 2 heterocycles. The summed E-state index contributed by atoms with van der Waals surface area (Å²) in [6.07, 6.45) is 0. The Kier molecular flexibility index (Phi) is 2.90. The van der Waals surface area contributed by atoms with Crippen LogP contribution >= 0.6 is 0 Å². The van der Waals surface area contributed by atoms with Crippen LogP contribution in [0.3, 0.4) is 0 Å². The van der Waals surface area contributed by atoms with Gasteiger partial charge >= 0.3 is 0 Å². The number of aryl methyl sites for hydroxylation is 2. The Morgan fingerprint density at radius 1 is 1.41 bits per heavy atom. The van der Waals surface area contributed by atoms with Crippen molar-refractivity contribution >= 4 is 0 Å². The summed E-state index contributed by atoms with van der Waals surface area (Å²) in [5.41, 5.74) is 1.63. The topological polar surface area (TPSA) is 83.0 Å². The lowest BCUT2D eigenvalue weighted by Crippen LogP contribution is -2.23. The van der Waals surface area contributed by atoms with Gasteiger partial charge in [0, 0.05) is 11.8 Å². The monoisotopic (exact) mass is 236 g/mol. The molecule has 0 saturated heterocycles. The van der Waals surface area contributed by atoms with Crippen LogP contribution in [0.1, 0.15) is 17.1 Å². The largest absolute Gasteiger partial charge is 0.468 e. The molecule has 0 amide bonds. The van der Waals surface area contributed by atoms with E-state index in [1.165, 1.54) is 17.7 Å². The molecule has 0 atom stereocenters. The van der Waals surface area contributed by atoms with Gasteiger partial charge in [-0.05, 0) is 13.8 Å². The summed E-state index contributed by atoms with van der Waals surface area (Å²) in [7, 11) is 1.46. The molecule has 0 spiro atoms. The zero-order chi connectivity index (χ0) is 12.4. The Bertz CT molecular complexity index is 587. The molecule has 17 heavy (non-hydrogen) atoms. The average Bonchev–Trinajstić information content (AvgIpc) is 2.68. The first-order chi connectivity index (χ1) is 8.11. The van der Waals surface area contributed by atoms with Crippen LogP contribution in [0.25, 0.3) is 0 Å². The predicted octanol–water partition coefficient (Wildman–Crippen LogP) is 0.300. The molecular formula is C10H12N4O3. The Hall–Kier alpha value is -2.18. The van der Waals surface area contributed by atoms with Crippen LogP contribution in [0, 0.1) is 13.8 Å². The van der Waals surface area contributed by atoms with Crippen molar-refractivity contribution in [2.45, 2.75) is 20.4 Å². The summed E-state index contributed by atoms with van der Waals surface area (Å²) in [6.45, 7) is 3.72. The van der Waals surface area contributed by atoms with Crippen molar-refractivity contribution in [2.75, 3.05) is 7.11 Å². The fourth-order valence-corrected chi connectivity index (χ4v) is 1.44. The van der Waals surface area contributed by atoms with Crippen LogP contribution in [0.15, 0.2) is 15.5 Å². The van der Waals surface area contributed by atoms with Gasteiger partial charge in [0.15, 0.2) is 0 Å². The molecule has 90 valence electrons. The number of rotatable bonds is 3. The normalized spacial score (nSPS) is 10.5. The third kappa shape index (κ3) is 2.17. The van der Waals surface area contributed by atoms with Crippen LogP contribution in [-0.4, -0.2) is 27.0 Å². The predicted molar refractivity (Wildman–Crippen MR) is 57.9 cm³/mol. The van der Waals surface area contributed by atoms with Gasteiger partial charge in [-0.3, -0.25) is 9.36 Å². The molecule has 0 aliphatic heterocycles. The molecule has 0 unspecified atom stereocenters. The summed E-state index contributed by atoms with van der Waals surface area (Å²) >= 11 is 0. The van der Waals surface area contributed by atoms with Gasteiger partial charge in [0.05, 0.1) is 13.7 Å². The molecule has 0 radical (unpaired) electrons. The van der Waals surface area contributed by atoms with Gasteiger partial charge < -0.3 is 4.74 Å². The van der Waals surface area contributed by atoms with Crippen molar-refractivity contribution in [1.29, 1.82) is 0 Å². The van der Waals surface area contributed by atoms with E-state index in [2.05, 4.69) is 19.9 Å². The lowest BCUT2D eigenvalue weighted by Gasteiger charge is -2.09. The Morgan fingerprint density at radius 2 is 2.18 bits per heavy atom. The van der Waals surface area contributed by atoms with Gasteiger partial charge in [-0.15, -0.1) is 0 Å². The van der Waals surface area contributed by atoms with E-state index in [9.17, 15) is 4.79 Å². The van der Waals surface area contributed by atoms with Crippen LogP contribution in [0.2, 0.25) is 0 Å². The van der Waals surface area contributed by atoms with Crippen LogP contribution in [-0.2, 0) is 6.54 Å². The third-order valence-electron chi connectivity index (χ3n) is 2.34.